The van der Waals surface area contributed by atoms with Crippen LogP contribution in [0.15, 0.2) is 71.1 Å². The Labute approximate surface area is 243 Å². The number of anilines is 1. The Morgan fingerprint density at radius 1 is 0.907 bits per heavy atom. The van der Waals surface area contributed by atoms with Crippen LogP contribution in [0, 0.1) is 31.6 Å². The number of carbonyl (C=O) groups is 2. The average Bonchev–Trinajstić information content (AvgIpc) is 3.37. The fourth-order valence-electron chi connectivity index (χ4n) is 4.11. The average molecular weight is 587 g/mol. The fraction of sp³-hybridized carbons (Fsp3) is 0.138. The van der Waals surface area contributed by atoms with Crippen molar-refractivity contribution in [2.24, 2.45) is 0 Å². The second-order valence-electron chi connectivity index (χ2n) is 8.79. The van der Waals surface area contributed by atoms with E-state index in [2.05, 4.69) is 11.4 Å². The highest BCUT2D eigenvalue weighted by atomic mass is 16.6. The third kappa shape index (κ3) is 6.74. The molecule has 14 nitrogen and oxygen atoms in total. The van der Waals surface area contributed by atoms with Crippen LogP contribution in [0.1, 0.15) is 11.1 Å². The summed E-state index contributed by atoms with van der Waals surface area (Å²) in [5, 5.41) is 34.7. The standard InChI is InChI=1S/C29H22N4O10/c1-40-21-9-4-17(5-10-21)27-23(15-30)29(43-28(27)18-6-11-22(41-2)12-7-18)31-25(34)16-42-26(35)13-19-3-8-20(32(36)37)14-24(19)33(38)39/h3-12,14H,13,16H2,1-2H3,(H,31,34). The number of nitro groups is 2. The molecule has 1 N–H and O–H groups in total. The molecule has 3 aromatic carbocycles. The highest BCUT2D eigenvalue weighted by Crippen LogP contribution is 2.42. The van der Waals surface area contributed by atoms with E-state index in [1.807, 2.05) is 0 Å². The van der Waals surface area contributed by atoms with Crippen LogP contribution >= 0.6 is 0 Å². The Bertz CT molecular complexity index is 1740. The predicted octanol–water partition coefficient (Wildman–Crippen LogP) is 5.04. The molecule has 0 atom stereocenters. The smallest absolute Gasteiger partial charge is 0.311 e. The largest absolute Gasteiger partial charge is 0.497 e. The van der Waals surface area contributed by atoms with Gasteiger partial charge in [-0.25, -0.2) is 0 Å². The van der Waals surface area contributed by atoms with Gasteiger partial charge < -0.3 is 18.6 Å². The highest BCUT2D eigenvalue weighted by molar-refractivity contribution is 5.97. The van der Waals surface area contributed by atoms with Crippen LogP contribution in [0.3, 0.4) is 0 Å². The van der Waals surface area contributed by atoms with Gasteiger partial charge in [0.25, 0.3) is 17.3 Å². The van der Waals surface area contributed by atoms with E-state index in [9.17, 15) is 35.1 Å². The van der Waals surface area contributed by atoms with Gasteiger partial charge in [-0.05, 0) is 48.0 Å². The van der Waals surface area contributed by atoms with Crippen molar-refractivity contribution in [1.29, 1.82) is 5.26 Å². The van der Waals surface area contributed by atoms with Crippen LogP contribution in [-0.2, 0) is 20.7 Å². The Morgan fingerprint density at radius 3 is 2.05 bits per heavy atom. The normalized spacial score (nSPS) is 10.3. The minimum Gasteiger partial charge on any atom is -0.497 e. The lowest BCUT2D eigenvalue weighted by Gasteiger charge is -2.06. The summed E-state index contributed by atoms with van der Waals surface area (Å²) in [6.45, 7) is -0.805. The van der Waals surface area contributed by atoms with E-state index in [1.165, 1.54) is 14.2 Å². The van der Waals surface area contributed by atoms with Crippen molar-refractivity contribution in [3.05, 3.63) is 98.1 Å². The maximum atomic E-state index is 12.7. The van der Waals surface area contributed by atoms with Crippen molar-refractivity contribution in [3.8, 4) is 40.0 Å². The molecule has 0 saturated carbocycles. The molecule has 4 rings (SSSR count). The van der Waals surface area contributed by atoms with Gasteiger partial charge in [0.05, 0.1) is 36.6 Å². The van der Waals surface area contributed by atoms with E-state index in [0.29, 0.717) is 28.2 Å². The second-order valence-corrected chi connectivity index (χ2v) is 8.79. The van der Waals surface area contributed by atoms with Crippen molar-refractivity contribution in [3.63, 3.8) is 0 Å². The quantitative estimate of drug-likeness (QED) is 0.140. The van der Waals surface area contributed by atoms with Crippen molar-refractivity contribution >= 4 is 29.1 Å². The summed E-state index contributed by atoms with van der Waals surface area (Å²) < 4.78 is 21.3. The lowest BCUT2D eigenvalue weighted by atomic mass is 9.98. The number of esters is 1. The molecule has 0 fully saturated rings. The summed E-state index contributed by atoms with van der Waals surface area (Å²) in [5.74, 6) is -0.569. The molecule has 0 spiro atoms. The van der Waals surface area contributed by atoms with E-state index >= 15 is 0 Å². The second kappa shape index (κ2) is 13.0. The first-order valence-electron chi connectivity index (χ1n) is 12.4. The van der Waals surface area contributed by atoms with Gasteiger partial charge in [0, 0.05) is 22.8 Å². The zero-order chi connectivity index (χ0) is 31.1. The van der Waals surface area contributed by atoms with Gasteiger partial charge >= 0.3 is 5.97 Å². The molecule has 4 aromatic rings. The van der Waals surface area contributed by atoms with Crippen molar-refractivity contribution < 1.29 is 38.1 Å². The third-order valence-electron chi connectivity index (χ3n) is 6.18. The van der Waals surface area contributed by atoms with Crippen LogP contribution in [0.5, 0.6) is 11.5 Å². The summed E-state index contributed by atoms with van der Waals surface area (Å²) in [6, 6.07) is 18.6. The Morgan fingerprint density at radius 2 is 1.51 bits per heavy atom. The molecular weight excluding hydrogens is 564 g/mol. The number of ether oxygens (including phenoxy) is 3. The number of benzene rings is 3. The van der Waals surface area contributed by atoms with E-state index < -0.39 is 46.1 Å². The number of hydrogen-bond donors (Lipinski definition) is 1. The first-order valence-corrected chi connectivity index (χ1v) is 12.4. The number of methoxy groups -OCH3 is 2. The van der Waals surface area contributed by atoms with Gasteiger partial charge in [-0.2, -0.15) is 5.26 Å². The molecule has 43 heavy (non-hydrogen) atoms. The van der Waals surface area contributed by atoms with E-state index in [4.69, 9.17) is 18.6 Å². The summed E-state index contributed by atoms with van der Waals surface area (Å²) in [7, 11) is 3.04. The topological polar surface area (TPSA) is 197 Å². The number of nitro benzene ring substituents is 2. The number of nitrogens with one attached hydrogen (secondary N) is 1. The highest BCUT2D eigenvalue weighted by Gasteiger charge is 2.26. The lowest BCUT2D eigenvalue weighted by Crippen LogP contribution is -2.22. The van der Waals surface area contributed by atoms with Crippen LogP contribution in [0.25, 0.3) is 22.5 Å². The maximum absolute atomic E-state index is 12.7. The number of nitriles is 1. The number of furan rings is 1. The molecule has 1 amide bonds. The number of amides is 1. The third-order valence-corrected chi connectivity index (χ3v) is 6.18. The van der Waals surface area contributed by atoms with E-state index in [-0.39, 0.29) is 22.8 Å². The minimum absolute atomic E-state index is 0.0113. The summed E-state index contributed by atoms with van der Waals surface area (Å²) in [4.78, 5) is 45.7. The fourth-order valence-corrected chi connectivity index (χ4v) is 4.11. The zero-order valence-electron chi connectivity index (χ0n) is 22.7. The molecule has 0 aliphatic heterocycles. The van der Waals surface area contributed by atoms with Crippen LogP contribution in [0.4, 0.5) is 17.3 Å². The maximum Gasteiger partial charge on any atom is 0.311 e. The van der Waals surface area contributed by atoms with E-state index in [1.54, 1.807) is 48.5 Å². The van der Waals surface area contributed by atoms with Crippen molar-refractivity contribution in [2.45, 2.75) is 6.42 Å². The molecule has 218 valence electrons. The first-order chi connectivity index (χ1) is 20.6. The van der Waals surface area contributed by atoms with Gasteiger partial charge in [-0.3, -0.25) is 35.1 Å². The van der Waals surface area contributed by atoms with Gasteiger partial charge in [-0.1, -0.05) is 12.1 Å². The first kappa shape index (κ1) is 29.7. The molecule has 0 radical (unpaired) electrons. The predicted molar refractivity (Wildman–Crippen MR) is 150 cm³/mol. The van der Waals surface area contributed by atoms with Gasteiger partial charge in [0.1, 0.15) is 28.9 Å². The van der Waals surface area contributed by atoms with Crippen molar-refractivity contribution in [2.75, 3.05) is 26.1 Å². The monoisotopic (exact) mass is 586 g/mol. The minimum atomic E-state index is -0.995. The molecule has 0 aliphatic rings. The number of carbonyl (C=O) groups excluding carboxylic acids is 2. The molecule has 1 heterocycles. The molecule has 1 aromatic heterocycles. The molecule has 0 bridgehead atoms. The Balaban J connectivity index is 1.56. The van der Waals surface area contributed by atoms with Gasteiger partial charge in [0.2, 0.25) is 5.88 Å². The van der Waals surface area contributed by atoms with Crippen molar-refractivity contribution in [1.82, 2.24) is 0 Å². The molecular formula is C29H22N4O10. The molecule has 0 aliphatic carbocycles. The molecule has 0 unspecified atom stereocenters. The number of non-ortho nitro benzene ring substituents is 1. The van der Waals surface area contributed by atoms with Gasteiger partial charge in [-0.15, -0.1) is 0 Å². The lowest BCUT2D eigenvalue weighted by molar-refractivity contribution is -0.394. The Kier molecular flexibility index (Phi) is 8.96. The Hall–Kier alpha value is -6.23. The van der Waals surface area contributed by atoms with E-state index in [0.717, 1.165) is 18.2 Å². The summed E-state index contributed by atoms with van der Waals surface area (Å²) in [5.41, 5.74) is 0.306. The molecule has 0 saturated heterocycles. The van der Waals surface area contributed by atoms with Crippen LogP contribution in [-0.4, -0.2) is 42.5 Å². The van der Waals surface area contributed by atoms with Gasteiger partial charge in [0.15, 0.2) is 6.61 Å². The zero-order valence-corrected chi connectivity index (χ0v) is 22.7. The number of hydrogen-bond acceptors (Lipinski definition) is 11. The van der Waals surface area contributed by atoms with Crippen LogP contribution < -0.4 is 14.8 Å². The summed E-state index contributed by atoms with van der Waals surface area (Å²) in [6.07, 6.45) is -0.616. The summed E-state index contributed by atoms with van der Waals surface area (Å²) >= 11 is 0. The SMILES string of the molecule is COc1ccc(-c2oc(NC(=O)COC(=O)Cc3ccc([N+](=O)[O-])cc3[N+](=O)[O-])c(C#N)c2-c2ccc(OC)cc2)cc1. The van der Waals surface area contributed by atoms with Crippen LogP contribution in [0.2, 0.25) is 0 Å². The number of rotatable bonds is 11. The molecule has 14 heteroatoms. The number of nitrogens with zero attached hydrogens (tertiary/aromatic N) is 3.